The number of halogens is 2. The van der Waals surface area contributed by atoms with E-state index >= 15 is 0 Å². The predicted molar refractivity (Wildman–Crippen MR) is 88.3 cm³/mol. The first-order valence-electron chi connectivity index (χ1n) is 7.40. The van der Waals surface area contributed by atoms with Crippen LogP contribution < -0.4 is 10.2 Å². The fourth-order valence-electron chi connectivity index (χ4n) is 2.46. The highest BCUT2D eigenvalue weighted by Gasteiger charge is 2.17. The molecular weight excluding hydrogens is 296 g/mol. The average molecular weight is 313 g/mol. The summed E-state index contributed by atoms with van der Waals surface area (Å²) < 4.78 is 27.6. The predicted octanol–water partition coefficient (Wildman–Crippen LogP) is 4.01. The Bertz CT molecular complexity index is 721. The molecule has 1 aliphatic heterocycles. The van der Waals surface area contributed by atoms with Gasteiger partial charge in [-0.25, -0.2) is 8.78 Å². The molecule has 0 aliphatic carbocycles. The van der Waals surface area contributed by atoms with Gasteiger partial charge in [0.25, 0.3) is 0 Å². The Labute approximate surface area is 134 Å². The number of anilines is 1. The number of amidine groups is 1. The lowest BCUT2D eigenvalue weighted by Gasteiger charge is -2.26. The monoisotopic (exact) mass is 313 g/mol. The summed E-state index contributed by atoms with van der Waals surface area (Å²) in [5.41, 5.74) is 1.05. The minimum absolute atomic E-state index is 0.0000903. The minimum atomic E-state index is -0.588. The number of hydrogen-bond donors (Lipinski definition) is 1. The number of para-hydroxylation sites is 1. The van der Waals surface area contributed by atoms with E-state index in [0.29, 0.717) is 5.84 Å². The Morgan fingerprint density at radius 1 is 1.04 bits per heavy atom. The van der Waals surface area contributed by atoms with Crippen LogP contribution in [0.1, 0.15) is 18.5 Å². The summed E-state index contributed by atoms with van der Waals surface area (Å²) in [7, 11) is 0. The van der Waals surface area contributed by atoms with E-state index in [1.807, 2.05) is 37.3 Å². The molecule has 0 unspecified atom stereocenters. The van der Waals surface area contributed by atoms with Gasteiger partial charge in [0, 0.05) is 6.20 Å². The molecule has 0 amide bonds. The molecule has 1 atom stereocenters. The lowest BCUT2D eigenvalue weighted by Crippen LogP contribution is -2.39. The zero-order valence-electron chi connectivity index (χ0n) is 12.7. The van der Waals surface area contributed by atoms with Crippen molar-refractivity contribution >= 4 is 11.5 Å². The number of hydrogen-bond acceptors (Lipinski definition) is 2. The number of nitrogens with one attached hydrogen (secondary N) is 1. The summed E-state index contributed by atoms with van der Waals surface area (Å²) in [5, 5.41) is 3.08. The Balaban J connectivity index is 1.77. The van der Waals surface area contributed by atoms with Crippen molar-refractivity contribution in [2.75, 3.05) is 11.6 Å². The summed E-state index contributed by atoms with van der Waals surface area (Å²) >= 11 is 0. The van der Waals surface area contributed by atoms with Gasteiger partial charge in [-0.1, -0.05) is 36.4 Å². The first-order chi connectivity index (χ1) is 11.1. The molecule has 0 saturated carbocycles. The molecule has 0 saturated heterocycles. The van der Waals surface area contributed by atoms with Crippen molar-refractivity contribution in [2.45, 2.75) is 13.0 Å². The normalized spacial score (nSPS) is 17.2. The smallest absolute Gasteiger partial charge is 0.149 e. The third kappa shape index (κ3) is 3.39. The molecular formula is C18H17F2N3. The van der Waals surface area contributed by atoms with Crippen molar-refractivity contribution in [3.05, 3.63) is 78.0 Å². The van der Waals surface area contributed by atoms with Crippen LogP contribution in [0.25, 0.3) is 0 Å². The molecule has 1 N–H and O–H groups in total. The molecule has 0 bridgehead atoms. The van der Waals surface area contributed by atoms with Gasteiger partial charge in [-0.3, -0.25) is 4.99 Å². The molecule has 23 heavy (non-hydrogen) atoms. The second-order valence-corrected chi connectivity index (χ2v) is 5.29. The molecule has 118 valence electrons. The molecule has 2 aromatic rings. The highest BCUT2D eigenvalue weighted by Crippen LogP contribution is 2.24. The van der Waals surface area contributed by atoms with Crippen molar-refractivity contribution in [2.24, 2.45) is 4.99 Å². The standard InChI is InChI=1S/C18H17F2N3/c1-13(14-6-3-2-4-7-14)22-17-10-11-23(12-21-17)18-15(19)8-5-9-16(18)20/h2-11,13H,12H2,1H3,(H,21,22)/t13-/m0/s1. The molecule has 1 heterocycles. The maximum Gasteiger partial charge on any atom is 0.149 e. The summed E-state index contributed by atoms with van der Waals surface area (Å²) in [4.78, 5) is 6.07. The number of aliphatic imine (C=N–C) groups is 1. The van der Waals surface area contributed by atoms with E-state index in [1.54, 1.807) is 12.3 Å². The largest absolute Gasteiger partial charge is 0.353 e. The van der Waals surface area contributed by atoms with Crippen molar-refractivity contribution in [1.29, 1.82) is 0 Å². The van der Waals surface area contributed by atoms with Crippen LogP contribution in [0.15, 0.2) is 65.8 Å². The van der Waals surface area contributed by atoms with Crippen molar-refractivity contribution < 1.29 is 8.78 Å². The van der Waals surface area contributed by atoms with Gasteiger partial charge in [-0.15, -0.1) is 0 Å². The molecule has 0 fully saturated rings. The third-order valence-corrected chi connectivity index (χ3v) is 3.68. The molecule has 3 nitrogen and oxygen atoms in total. The van der Waals surface area contributed by atoms with E-state index in [4.69, 9.17) is 0 Å². The third-order valence-electron chi connectivity index (χ3n) is 3.68. The van der Waals surface area contributed by atoms with Gasteiger partial charge in [-0.05, 0) is 30.7 Å². The van der Waals surface area contributed by atoms with E-state index in [2.05, 4.69) is 10.3 Å². The van der Waals surface area contributed by atoms with Gasteiger partial charge >= 0.3 is 0 Å². The SMILES string of the molecule is C[C@H](N=C1C=CN(c2c(F)cccc2F)CN1)c1ccccc1. The summed E-state index contributed by atoms with van der Waals surface area (Å²) in [5.74, 6) is -0.488. The average Bonchev–Trinajstić information content (AvgIpc) is 2.57. The van der Waals surface area contributed by atoms with E-state index in [1.165, 1.54) is 23.1 Å². The van der Waals surface area contributed by atoms with Gasteiger partial charge in [0.05, 0.1) is 12.7 Å². The summed E-state index contributed by atoms with van der Waals surface area (Å²) in [6, 6.07) is 13.8. The van der Waals surface area contributed by atoms with E-state index < -0.39 is 11.6 Å². The summed E-state index contributed by atoms with van der Waals surface area (Å²) in [6.45, 7) is 2.26. The van der Waals surface area contributed by atoms with Crippen molar-refractivity contribution in [3.63, 3.8) is 0 Å². The Kier molecular flexibility index (Phi) is 4.37. The van der Waals surface area contributed by atoms with Gasteiger partial charge < -0.3 is 10.2 Å². The number of benzene rings is 2. The molecule has 2 aromatic carbocycles. The van der Waals surface area contributed by atoms with E-state index in [0.717, 1.165) is 5.56 Å². The topological polar surface area (TPSA) is 27.6 Å². The summed E-state index contributed by atoms with van der Waals surface area (Å²) in [6.07, 6.45) is 3.35. The minimum Gasteiger partial charge on any atom is -0.353 e. The van der Waals surface area contributed by atoms with Crippen LogP contribution in [0.4, 0.5) is 14.5 Å². The first-order valence-corrected chi connectivity index (χ1v) is 7.40. The van der Waals surface area contributed by atoms with Gasteiger partial charge in [0.2, 0.25) is 0 Å². The molecule has 0 spiro atoms. The second-order valence-electron chi connectivity index (χ2n) is 5.29. The van der Waals surface area contributed by atoms with Gasteiger partial charge in [0.1, 0.15) is 23.2 Å². The highest BCUT2D eigenvalue weighted by molar-refractivity contribution is 5.94. The van der Waals surface area contributed by atoms with Crippen LogP contribution in [0.5, 0.6) is 0 Å². The van der Waals surface area contributed by atoms with Crippen LogP contribution in [-0.2, 0) is 0 Å². The lowest BCUT2D eigenvalue weighted by molar-refractivity contribution is 0.577. The first kappa shape index (κ1) is 15.2. The fraction of sp³-hybridized carbons (Fsp3) is 0.167. The zero-order valence-corrected chi connectivity index (χ0v) is 12.7. The maximum atomic E-state index is 13.8. The Morgan fingerprint density at radius 2 is 1.74 bits per heavy atom. The van der Waals surface area contributed by atoms with Gasteiger partial charge in [0.15, 0.2) is 0 Å². The van der Waals surface area contributed by atoms with E-state index in [-0.39, 0.29) is 18.4 Å². The Hall–Kier alpha value is -2.69. The van der Waals surface area contributed by atoms with Crippen molar-refractivity contribution in [3.8, 4) is 0 Å². The molecule has 3 rings (SSSR count). The molecule has 0 radical (unpaired) electrons. The quantitative estimate of drug-likeness (QED) is 0.927. The second kappa shape index (κ2) is 6.60. The van der Waals surface area contributed by atoms with Crippen LogP contribution >= 0.6 is 0 Å². The number of nitrogens with zero attached hydrogens (tertiary/aromatic N) is 2. The lowest BCUT2D eigenvalue weighted by atomic mass is 10.1. The molecule has 0 aromatic heterocycles. The van der Waals surface area contributed by atoms with E-state index in [9.17, 15) is 8.78 Å². The maximum absolute atomic E-state index is 13.8. The highest BCUT2D eigenvalue weighted by atomic mass is 19.1. The van der Waals surface area contributed by atoms with Crippen LogP contribution in [0.2, 0.25) is 0 Å². The zero-order chi connectivity index (χ0) is 16.2. The van der Waals surface area contributed by atoms with Crippen molar-refractivity contribution in [1.82, 2.24) is 5.32 Å². The van der Waals surface area contributed by atoms with Gasteiger partial charge in [-0.2, -0.15) is 0 Å². The Morgan fingerprint density at radius 3 is 2.35 bits per heavy atom. The molecule has 5 heteroatoms. The fourth-order valence-corrected chi connectivity index (χ4v) is 2.46. The van der Waals surface area contributed by atoms with Crippen LogP contribution in [0.3, 0.4) is 0 Å². The number of rotatable bonds is 3. The van der Waals surface area contributed by atoms with Crippen LogP contribution in [-0.4, -0.2) is 12.5 Å². The molecule has 1 aliphatic rings. The van der Waals surface area contributed by atoms with Crippen LogP contribution in [0, 0.1) is 11.6 Å².